The summed E-state index contributed by atoms with van der Waals surface area (Å²) < 4.78 is 0. The average Bonchev–Trinajstić information content (AvgIpc) is 2.56. The summed E-state index contributed by atoms with van der Waals surface area (Å²) in [4.78, 5) is 58.8. The van der Waals surface area contributed by atoms with Crippen molar-refractivity contribution in [3.8, 4) is 0 Å². The molecule has 0 spiro atoms. The highest BCUT2D eigenvalue weighted by atomic mass is 16.4. The Kier molecular flexibility index (Phi) is 10.8. The molecule has 28 heavy (non-hydrogen) atoms. The van der Waals surface area contributed by atoms with Crippen LogP contribution in [0.15, 0.2) is 0 Å². The standard InChI is InChI=1S/C17H30N4O7/c1-8(2)5-11(17(27)28)20-15(25)10(6-13(23)24)19-16(26)14(9(3)4)21-12(22)7-18/h8-11,14H,5-7,18H2,1-4H3,(H,19,26)(H,20,25)(H,21,22)(H,23,24)(H,27,28). The lowest BCUT2D eigenvalue weighted by molar-refractivity contribution is -0.144. The van der Waals surface area contributed by atoms with E-state index < -0.39 is 54.2 Å². The Morgan fingerprint density at radius 1 is 0.857 bits per heavy atom. The molecule has 0 aliphatic heterocycles. The molecule has 0 aromatic heterocycles. The Hall–Kier alpha value is -2.69. The van der Waals surface area contributed by atoms with Crippen molar-refractivity contribution in [3.63, 3.8) is 0 Å². The van der Waals surface area contributed by atoms with Gasteiger partial charge in [0.15, 0.2) is 0 Å². The third-order valence-corrected chi connectivity index (χ3v) is 3.78. The monoisotopic (exact) mass is 402 g/mol. The maximum absolute atomic E-state index is 12.5. The summed E-state index contributed by atoms with van der Waals surface area (Å²) in [6, 6.07) is -3.76. The van der Waals surface area contributed by atoms with Crippen LogP contribution in [0.3, 0.4) is 0 Å². The number of carboxylic acids is 2. The zero-order valence-electron chi connectivity index (χ0n) is 16.5. The summed E-state index contributed by atoms with van der Waals surface area (Å²) in [5, 5.41) is 25.2. The van der Waals surface area contributed by atoms with Gasteiger partial charge < -0.3 is 31.9 Å². The summed E-state index contributed by atoms with van der Waals surface area (Å²) in [5.74, 6) is -5.31. The molecule has 3 amide bonds. The van der Waals surface area contributed by atoms with E-state index >= 15 is 0 Å². The number of amides is 3. The van der Waals surface area contributed by atoms with Gasteiger partial charge in [0.05, 0.1) is 13.0 Å². The van der Waals surface area contributed by atoms with Crippen LogP contribution in [0.4, 0.5) is 0 Å². The molecule has 0 rings (SSSR count). The van der Waals surface area contributed by atoms with Crippen molar-refractivity contribution in [2.24, 2.45) is 17.6 Å². The van der Waals surface area contributed by atoms with Crippen molar-refractivity contribution in [1.82, 2.24) is 16.0 Å². The molecule has 0 radical (unpaired) electrons. The molecule has 3 atom stereocenters. The van der Waals surface area contributed by atoms with E-state index in [1.165, 1.54) is 0 Å². The first-order valence-electron chi connectivity index (χ1n) is 8.93. The summed E-state index contributed by atoms with van der Waals surface area (Å²) in [6.07, 6.45) is -0.614. The highest BCUT2D eigenvalue weighted by Crippen LogP contribution is 2.07. The zero-order valence-corrected chi connectivity index (χ0v) is 16.5. The smallest absolute Gasteiger partial charge is 0.326 e. The molecular formula is C17H30N4O7. The van der Waals surface area contributed by atoms with Crippen LogP contribution in [-0.2, 0) is 24.0 Å². The Morgan fingerprint density at radius 2 is 1.39 bits per heavy atom. The molecule has 0 saturated heterocycles. The molecule has 0 aliphatic carbocycles. The summed E-state index contributed by atoms with van der Waals surface area (Å²) in [7, 11) is 0. The normalized spacial score (nSPS) is 14.1. The third kappa shape index (κ3) is 9.31. The van der Waals surface area contributed by atoms with Crippen LogP contribution in [0.1, 0.15) is 40.5 Å². The van der Waals surface area contributed by atoms with E-state index in [0.717, 1.165) is 0 Å². The van der Waals surface area contributed by atoms with E-state index in [1.54, 1.807) is 27.7 Å². The zero-order chi connectivity index (χ0) is 22.0. The molecule has 7 N–H and O–H groups in total. The molecule has 0 heterocycles. The fraction of sp³-hybridized carbons (Fsp3) is 0.706. The SMILES string of the molecule is CC(C)CC(NC(=O)C(CC(=O)O)NC(=O)C(NC(=O)CN)C(C)C)C(=O)O. The number of carbonyl (C=O) groups is 5. The minimum absolute atomic E-state index is 0.0364. The van der Waals surface area contributed by atoms with Crippen molar-refractivity contribution >= 4 is 29.7 Å². The van der Waals surface area contributed by atoms with Crippen LogP contribution in [0.5, 0.6) is 0 Å². The number of carbonyl (C=O) groups excluding carboxylic acids is 3. The number of nitrogens with one attached hydrogen (secondary N) is 3. The number of hydrogen-bond acceptors (Lipinski definition) is 6. The maximum atomic E-state index is 12.5. The summed E-state index contributed by atoms with van der Waals surface area (Å²) >= 11 is 0. The van der Waals surface area contributed by atoms with Crippen LogP contribution < -0.4 is 21.7 Å². The van der Waals surface area contributed by atoms with E-state index in [-0.39, 0.29) is 24.8 Å². The van der Waals surface area contributed by atoms with Gasteiger partial charge in [-0.25, -0.2) is 4.79 Å². The molecule has 11 nitrogen and oxygen atoms in total. The van der Waals surface area contributed by atoms with Gasteiger partial charge in [-0.05, 0) is 18.3 Å². The quantitative estimate of drug-likeness (QED) is 0.231. The Labute approximate surface area is 163 Å². The topological polar surface area (TPSA) is 188 Å². The second-order valence-corrected chi connectivity index (χ2v) is 7.18. The van der Waals surface area contributed by atoms with Gasteiger partial charge in [-0.2, -0.15) is 0 Å². The lowest BCUT2D eigenvalue weighted by Gasteiger charge is -2.25. The number of aliphatic carboxylic acids is 2. The minimum Gasteiger partial charge on any atom is -0.481 e. The van der Waals surface area contributed by atoms with Crippen LogP contribution in [0, 0.1) is 11.8 Å². The van der Waals surface area contributed by atoms with Crippen molar-refractivity contribution in [3.05, 3.63) is 0 Å². The first-order chi connectivity index (χ1) is 12.9. The van der Waals surface area contributed by atoms with Crippen molar-refractivity contribution in [1.29, 1.82) is 0 Å². The van der Waals surface area contributed by atoms with Crippen molar-refractivity contribution in [2.45, 2.75) is 58.7 Å². The van der Waals surface area contributed by atoms with Crippen molar-refractivity contribution in [2.75, 3.05) is 6.54 Å². The van der Waals surface area contributed by atoms with Crippen LogP contribution in [0.2, 0.25) is 0 Å². The molecule has 3 unspecified atom stereocenters. The lowest BCUT2D eigenvalue weighted by atomic mass is 10.0. The van der Waals surface area contributed by atoms with Gasteiger partial charge in [0.25, 0.3) is 0 Å². The molecule has 0 bridgehead atoms. The van der Waals surface area contributed by atoms with Crippen molar-refractivity contribution < 1.29 is 34.2 Å². The van der Waals surface area contributed by atoms with Gasteiger partial charge in [-0.15, -0.1) is 0 Å². The number of hydrogen-bond donors (Lipinski definition) is 6. The fourth-order valence-corrected chi connectivity index (χ4v) is 2.38. The van der Waals surface area contributed by atoms with E-state index in [2.05, 4.69) is 16.0 Å². The van der Waals surface area contributed by atoms with E-state index in [0.29, 0.717) is 0 Å². The largest absolute Gasteiger partial charge is 0.481 e. The maximum Gasteiger partial charge on any atom is 0.326 e. The minimum atomic E-state index is -1.50. The Bertz CT molecular complexity index is 592. The molecular weight excluding hydrogens is 372 g/mol. The van der Waals surface area contributed by atoms with Gasteiger partial charge in [0.1, 0.15) is 18.1 Å². The molecule has 0 aliphatic rings. The molecule has 0 aromatic rings. The highest BCUT2D eigenvalue weighted by Gasteiger charge is 2.32. The average molecular weight is 402 g/mol. The van der Waals surface area contributed by atoms with Gasteiger partial charge in [0, 0.05) is 0 Å². The van der Waals surface area contributed by atoms with E-state index in [9.17, 15) is 29.1 Å². The number of carboxylic acid groups (broad SMARTS) is 2. The predicted octanol–water partition coefficient (Wildman–Crippen LogP) is -1.34. The Morgan fingerprint density at radius 3 is 1.79 bits per heavy atom. The number of rotatable bonds is 12. The van der Waals surface area contributed by atoms with Crippen LogP contribution in [-0.4, -0.2) is 64.5 Å². The van der Waals surface area contributed by atoms with Gasteiger partial charge in [-0.1, -0.05) is 27.7 Å². The third-order valence-electron chi connectivity index (χ3n) is 3.78. The van der Waals surface area contributed by atoms with Gasteiger partial charge >= 0.3 is 11.9 Å². The molecule has 11 heteroatoms. The molecule has 0 fully saturated rings. The first kappa shape index (κ1) is 25.3. The van der Waals surface area contributed by atoms with Crippen LogP contribution >= 0.6 is 0 Å². The summed E-state index contributed by atoms with van der Waals surface area (Å²) in [6.45, 7) is 6.50. The predicted molar refractivity (Wildman–Crippen MR) is 99.0 cm³/mol. The molecule has 0 saturated carbocycles. The van der Waals surface area contributed by atoms with E-state index in [4.69, 9.17) is 10.8 Å². The van der Waals surface area contributed by atoms with Gasteiger partial charge in [-0.3, -0.25) is 19.2 Å². The number of nitrogens with two attached hydrogens (primary N) is 1. The van der Waals surface area contributed by atoms with Crippen LogP contribution in [0.25, 0.3) is 0 Å². The lowest BCUT2D eigenvalue weighted by Crippen LogP contribution is -2.57. The fourth-order valence-electron chi connectivity index (χ4n) is 2.38. The van der Waals surface area contributed by atoms with E-state index in [1.807, 2.05) is 0 Å². The molecule has 0 aromatic carbocycles. The highest BCUT2D eigenvalue weighted by molar-refractivity contribution is 5.95. The Balaban J connectivity index is 5.35. The summed E-state index contributed by atoms with van der Waals surface area (Å²) in [5.41, 5.74) is 5.22. The second kappa shape index (κ2) is 11.9. The van der Waals surface area contributed by atoms with Gasteiger partial charge in [0.2, 0.25) is 17.7 Å². The first-order valence-corrected chi connectivity index (χ1v) is 8.93. The second-order valence-electron chi connectivity index (χ2n) is 7.18. The molecule has 160 valence electrons.